The van der Waals surface area contributed by atoms with Crippen LogP contribution in [-0.2, 0) is 6.42 Å². The Balaban J connectivity index is 2.01. The zero-order valence-electron chi connectivity index (χ0n) is 12.1. The zero-order chi connectivity index (χ0) is 16.1. The minimum Gasteiger partial charge on any atom is -0.391 e. The number of non-ortho nitro benzene ring substituents is 1. The summed E-state index contributed by atoms with van der Waals surface area (Å²) < 4.78 is 0. The summed E-state index contributed by atoms with van der Waals surface area (Å²) in [5.74, 6) is 0. The van der Waals surface area contributed by atoms with Gasteiger partial charge in [0.1, 0.15) is 0 Å². The van der Waals surface area contributed by atoms with Crippen molar-refractivity contribution < 1.29 is 10.0 Å². The van der Waals surface area contributed by atoms with E-state index < -0.39 is 11.0 Å². The van der Waals surface area contributed by atoms with Crippen LogP contribution in [-0.4, -0.2) is 22.7 Å². The highest BCUT2D eigenvalue weighted by molar-refractivity contribution is 6.33. The monoisotopic (exact) mass is 320 g/mol. The molecule has 5 nitrogen and oxygen atoms in total. The summed E-state index contributed by atoms with van der Waals surface area (Å²) in [7, 11) is 0. The number of benzene rings is 2. The number of nitro benzene ring substituents is 1. The molecule has 0 heterocycles. The van der Waals surface area contributed by atoms with Gasteiger partial charge in [0, 0.05) is 25.1 Å². The first-order chi connectivity index (χ1) is 10.5. The van der Waals surface area contributed by atoms with Gasteiger partial charge in [-0.15, -0.1) is 0 Å². The second-order valence-corrected chi connectivity index (χ2v) is 5.51. The summed E-state index contributed by atoms with van der Waals surface area (Å²) in [4.78, 5) is 10.3. The minimum absolute atomic E-state index is 0.0436. The number of halogens is 1. The average Bonchev–Trinajstić information content (AvgIpc) is 2.47. The Morgan fingerprint density at radius 2 is 2.00 bits per heavy atom. The first-order valence-corrected chi connectivity index (χ1v) is 7.25. The lowest BCUT2D eigenvalue weighted by Gasteiger charge is -2.15. The van der Waals surface area contributed by atoms with Crippen LogP contribution in [0.4, 0.5) is 11.4 Å². The number of aryl methyl sites for hydroxylation is 1. The first-order valence-electron chi connectivity index (χ1n) is 6.87. The van der Waals surface area contributed by atoms with E-state index in [2.05, 4.69) is 5.32 Å². The molecule has 2 aromatic rings. The highest BCUT2D eigenvalue weighted by Crippen LogP contribution is 2.30. The van der Waals surface area contributed by atoms with Gasteiger partial charge >= 0.3 is 0 Å². The summed E-state index contributed by atoms with van der Waals surface area (Å²) in [6, 6.07) is 12.4. The van der Waals surface area contributed by atoms with E-state index in [1.165, 1.54) is 12.1 Å². The Kier molecular flexibility index (Phi) is 5.35. The van der Waals surface area contributed by atoms with Gasteiger partial charge in [-0.25, -0.2) is 0 Å². The van der Waals surface area contributed by atoms with Crippen molar-refractivity contribution in [2.45, 2.75) is 19.4 Å². The average molecular weight is 321 g/mol. The molecule has 116 valence electrons. The van der Waals surface area contributed by atoms with Gasteiger partial charge in [-0.3, -0.25) is 10.1 Å². The molecule has 0 amide bonds. The van der Waals surface area contributed by atoms with Crippen molar-refractivity contribution in [3.05, 3.63) is 68.7 Å². The molecule has 2 N–H and O–H groups in total. The molecule has 2 rings (SSSR count). The molecule has 0 aliphatic heterocycles. The second kappa shape index (κ2) is 7.24. The molecule has 0 radical (unpaired) electrons. The third kappa shape index (κ3) is 4.19. The van der Waals surface area contributed by atoms with Crippen LogP contribution in [0.5, 0.6) is 0 Å². The van der Waals surface area contributed by atoms with Gasteiger partial charge in [-0.05, 0) is 18.1 Å². The van der Waals surface area contributed by atoms with Crippen LogP contribution in [0.2, 0.25) is 5.02 Å². The van der Waals surface area contributed by atoms with Crippen LogP contribution in [0.3, 0.4) is 0 Å². The lowest BCUT2D eigenvalue weighted by molar-refractivity contribution is -0.384. The van der Waals surface area contributed by atoms with Crippen molar-refractivity contribution in [3.63, 3.8) is 0 Å². The van der Waals surface area contributed by atoms with Crippen LogP contribution in [0.15, 0.2) is 42.5 Å². The number of nitrogens with zero attached hydrogens (tertiary/aromatic N) is 1. The van der Waals surface area contributed by atoms with Crippen LogP contribution < -0.4 is 5.32 Å². The molecular formula is C16H17ClN2O3. The van der Waals surface area contributed by atoms with Crippen LogP contribution in [0, 0.1) is 17.0 Å². The highest BCUT2D eigenvalue weighted by Gasteiger charge is 2.14. The number of hydrogen-bond acceptors (Lipinski definition) is 4. The first kappa shape index (κ1) is 16.3. The number of nitrogens with one attached hydrogen (secondary N) is 1. The number of aliphatic hydroxyl groups is 1. The van der Waals surface area contributed by atoms with Crippen LogP contribution in [0.25, 0.3) is 0 Å². The molecule has 1 atom stereocenters. The molecule has 0 saturated carbocycles. The van der Waals surface area contributed by atoms with Crippen molar-refractivity contribution in [2.24, 2.45) is 0 Å². The van der Waals surface area contributed by atoms with Crippen molar-refractivity contribution in [3.8, 4) is 0 Å². The van der Waals surface area contributed by atoms with E-state index in [1.54, 1.807) is 6.92 Å². The highest BCUT2D eigenvalue weighted by atomic mass is 35.5. The summed E-state index contributed by atoms with van der Waals surface area (Å²) in [6.45, 7) is 2.05. The second-order valence-electron chi connectivity index (χ2n) is 5.10. The van der Waals surface area contributed by atoms with E-state index in [-0.39, 0.29) is 10.7 Å². The van der Waals surface area contributed by atoms with Crippen LogP contribution >= 0.6 is 11.6 Å². The van der Waals surface area contributed by atoms with E-state index in [4.69, 9.17) is 11.6 Å². The molecule has 0 bridgehead atoms. The molecule has 0 saturated heterocycles. The Morgan fingerprint density at radius 1 is 1.32 bits per heavy atom. The molecule has 0 spiro atoms. The third-order valence-corrected chi connectivity index (χ3v) is 3.61. The standard InChI is InChI=1S/C16H17ClN2O3/c1-11-7-13(19(21)22)9-15(17)16(11)18-10-14(20)8-12-5-3-2-4-6-12/h2-7,9,14,18,20H,8,10H2,1H3. The molecule has 0 aromatic heterocycles. The fraction of sp³-hybridized carbons (Fsp3) is 0.250. The van der Waals surface area contributed by atoms with Gasteiger partial charge in [0.15, 0.2) is 0 Å². The molecule has 6 heteroatoms. The van der Waals surface area contributed by atoms with Crippen LogP contribution in [0.1, 0.15) is 11.1 Å². The Labute approximate surface area is 133 Å². The van der Waals surface area contributed by atoms with Crippen molar-refractivity contribution in [2.75, 3.05) is 11.9 Å². The minimum atomic E-state index is -0.576. The largest absolute Gasteiger partial charge is 0.391 e. The van der Waals surface area contributed by atoms with Gasteiger partial charge in [0.05, 0.1) is 21.7 Å². The Morgan fingerprint density at radius 3 is 2.59 bits per heavy atom. The summed E-state index contributed by atoms with van der Waals surface area (Å²) >= 11 is 6.07. The molecule has 22 heavy (non-hydrogen) atoms. The lowest BCUT2D eigenvalue weighted by Crippen LogP contribution is -2.22. The topological polar surface area (TPSA) is 75.4 Å². The normalized spacial score (nSPS) is 12.0. The van der Waals surface area contributed by atoms with Gasteiger partial charge in [0.25, 0.3) is 5.69 Å². The third-order valence-electron chi connectivity index (χ3n) is 3.31. The molecule has 0 aliphatic carbocycles. The van der Waals surface area contributed by atoms with E-state index in [0.717, 1.165) is 5.56 Å². The van der Waals surface area contributed by atoms with E-state index in [1.807, 2.05) is 30.3 Å². The van der Waals surface area contributed by atoms with E-state index in [9.17, 15) is 15.2 Å². The molecule has 0 fully saturated rings. The Hall–Kier alpha value is -2.11. The number of anilines is 1. The molecular weight excluding hydrogens is 304 g/mol. The number of rotatable bonds is 6. The fourth-order valence-corrected chi connectivity index (χ4v) is 2.56. The molecule has 1 unspecified atom stereocenters. The number of hydrogen-bond donors (Lipinski definition) is 2. The maximum Gasteiger partial charge on any atom is 0.271 e. The van der Waals surface area contributed by atoms with Crippen molar-refractivity contribution >= 4 is 23.0 Å². The lowest BCUT2D eigenvalue weighted by atomic mass is 10.1. The van der Waals surface area contributed by atoms with Gasteiger partial charge in [-0.2, -0.15) is 0 Å². The van der Waals surface area contributed by atoms with Gasteiger partial charge in [0.2, 0.25) is 0 Å². The van der Waals surface area contributed by atoms with Gasteiger partial charge < -0.3 is 10.4 Å². The zero-order valence-corrected chi connectivity index (χ0v) is 12.9. The van der Waals surface area contributed by atoms with E-state index >= 15 is 0 Å². The summed E-state index contributed by atoms with van der Waals surface area (Å²) in [6.07, 6.45) is -0.0506. The smallest absolute Gasteiger partial charge is 0.271 e. The predicted molar refractivity (Wildman–Crippen MR) is 87.5 cm³/mol. The SMILES string of the molecule is Cc1cc([N+](=O)[O-])cc(Cl)c1NCC(O)Cc1ccccc1. The molecule has 2 aromatic carbocycles. The maximum atomic E-state index is 10.8. The fourth-order valence-electron chi connectivity index (χ4n) is 2.23. The molecule has 0 aliphatic rings. The van der Waals surface area contributed by atoms with Crippen molar-refractivity contribution in [1.82, 2.24) is 0 Å². The summed E-state index contributed by atoms with van der Waals surface area (Å²) in [5, 5.41) is 24.2. The maximum absolute atomic E-state index is 10.8. The van der Waals surface area contributed by atoms with Gasteiger partial charge in [-0.1, -0.05) is 41.9 Å². The summed E-state index contributed by atoms with van der Waals surface area (Å²) in [5.41, 5.74) is 2.28. The Bertz CT molecular complexity index is 639. The number of aliphatic hydroxyl groups excluding tert-OH is 1. The van der Waals surface area contributed by atoms with E-state index in [0.29, 0.717) is 24.2 Å². The van der Waals surface area contributed by atoms with Crippen molar-refractivity contribution in [1.29, 1.82) is 0 Å². The number of nitro groups is 1. The quantitative estimate of drug-likeness (QED) is 0.630. The predicted octanol–water partition coefficient (Wildman–Crippen LogP) is 3.57.